The number of hydroxylamine groups is 1. The Labute approximate surface area is 211 Å². The fraction of sp³-hybridized carbons (Fsp3) is 0.321. The highest BCUT2D eigenvalue weighted by molar-refractivity contribution is 5.91. The zero-order valence-electron chi connectivity index (χ0n) is 20.5. The van der Waals surface area contributed by atoms with Gasteiger partial charge in [0.2, 0.25) is 5.91 Å². The number of anilines is 1. The summed E-state index contributed by atoms with van der Waals surface area (Å²) in [5, 5.41) is 16.4. The Morgan fingerprint density at radius 1 is 0.889 bits per heavy atom. The monoisotopic (exact) mass is 486 g/mol. The molecule has 0 aliphatic heterocycles. The number of benzene rings is 2. The van der Waals surface area contributed by atoms with E-state index in [2.05, 4.69) is 80.2 Å². The number of nitrogens with one attached hydrogen (secondary N) is 4. The molecule has 0 atom stereocenters. The van der Waals surface area contributed by atoms with E-state index in [1.807, 2.05) is 6.07 Å². The fourth-order valence-corrected chi connectivity index (χ4v) is 4.19. The Kier molecular flexibility index (Phi) is 9.41. The Bertz CT molecular complexity index is 1220. The fourth-order valence-electron chi connectivity index (χ4n) is 4.19. The molecule has 2 aromatic heterocycles. The van der Waals surface area contributed by atoms with Gasteiger partial charge in [-0.25, -0.2) is 15.4 Å². The van der Waals surface area contributed by atoms with Crippen LogP contribution in [-0.2, 0) is 17.8 Å². The lowest BCUT2D eigenvalue weighted by Crippen LogP contribution is -2.17. The molecule has 0 fully saturated rings. The summed E-state index contributed by atoms with van der Waals surface area (Å²) in [6.45, 7) is 2.56. The molecular weight excluding hydrogens is 452 g/mol. The SMILES string of the molecule is O=C(CCCCCCNCc1ccc(-c2cc3c(NCCc4ccccc4)ncnc3[nH]2)cc1)NO. The van der Waals surface area contributed by atoms with E-state index < -0.39 is 0 Å². The molecule has 36 heavy (non-hydrogen) atoms. The molecule has 5 N–H and O–H groups in total. The van der Waals surface area contributed by atoms with Crippen molar-refractivity contribution in [1.82, 2.24) is 25.7 Å². The summed E-state index contributed by atoms with van der Waals surface area (Å²) < 4.78 is 0. The lowest BCUT2D eigenvalue weighted by Gasteiger charge is -2.06. The molecule has 1 amide bonds. The molecule has 0 unspecified atom stereocenters. The topological polar surface area (TPSA) is 115 Å². The van der Waals surface area contributed by atoms with Gasteiger partial charge in [0, 0.05) is 25.2 Å². The molecule has 8 heteroatoms. The van der Waals surface area contributed by atoms with Crippen LogP contribution >= 0.6 is 0 Å². The van der Waals surface area contributed by atoms with Crippen molar-refractivity contribution in [3.05, 3.63) is 78.1 Å². The zero-order valence-corrected chi connectivity index (χ0v) is 20.5. The number of rotatable bonds is 14. The number of carbonyl (C=O) groups excluding carboxylic acids is 1. The molecule has 2 aromatic carbocycles. The predicted molar refractivity (Wildman–Crippen MR) is 143 cm³/mol. The van der Waals surface area contributed by atoms with Crippen LogP contribution in [0.5, 0.6) is 0 Å². The average Bonchev–Trinajstić information content (AvgIpc) is 3.36. The van der Waals surface area contributed by atoms with Gasteiger partial charge in [-0.3, -0.25) is 10.0 Å². The number of H-pyrrole nitrogens is 1. The summed E-state index contributed by atoms with van der Waals surface area (Å²) >= 11 is 0. The minimum absolute atomic E-state index is 0.312. The second-order valence-corrected chi connectivity index (χ2v) is 8.90. The maximum absolute atomic E-state index is 11.0. The van der Waals surface area contributed by atoms with E-state index in [0.717, 1.165) is 79.8 Å². The first-order valence-corrected chi connectivity index (χ1v) is 12.6. The number of aromatic amines is 1. The van der Waals surface area contributed by atoms with Crippen LogP contribution in [-0.4, -0.2) is 39.2 Å². The van der Waals surface area contributed by atoms with Crippen LogP contribution < -0.4 is 16.1 Å². The van der Waals surface area contributed by atoms with E-state index in [9.17, 15) is 4.79 Å². The number of amides is 1. The molecule has 0 spiro atoms. The van der Waals surface area contributed by atoms with Crippen LogP contribution in [0.25, 0.3) is 22.3 Å². The first-order chi connectivity index (χ1) is 17.7. The molecule has 8 nitrogen and oxygen atoms in total. The summed E-state index contributed by atoms with van der Waals surface area (Å²) in [4.78, 5) is 23.3. The van der Waals surface area contributed by atoms with E-state index in [-0.39, 0.29) is 5.91 Å². The highest BCUT2D eigenvalue weighted by Crippen LogP contribution is 2.27. The smallest absolute Gasteiger partial charge is 0.243 e. The third kappa shape index (κ3) is 7.37. The molecule has 188 valence electrons. The molecule has 2 heterocycles. The minimum Gasteiger partial charge on any atom is -0.369 e. The van der Waals surface area contributed by atoms with E-state index in [1.165, 1.54) is 11.1 Å². The van der Waals surface area contributed by atoms with Gasteiger partial charge >= 0.3 is 0 Å². The third-order valence-corrected chi connectivity index (χ3v) is 6.20. The number of nitrogens with zero attached hydrogens (tertiary/aromatic N) is 2. The molecule has 4 aromatic rings. The van der Waals surface area contributed by atoms with Crippen molar-refractivity contribution in [2.75, 3.05) is 18.4 Å². The average molecular weight is 487 g/mol. The molecule has 0 saturated heterocycles. The zero-order chi connectivity index (χ0) is 25.0. The van der Waals surface area contributed by atoms with Crippen molar-refractivity contribution in [2.45, 2.75) is 45.1 Å². The van der Waals surface area contributed by atoms with E-state index in [4.69, 9.17) is 5.21 Å². The maximum Gasteiger partial charge on any atom is 0.243 e. The second kappa shape index (κ2) is 13.4. The van der Waals surface area contributed by atoms with Crippen molar-refractivity contribution in [1.29, 1.82) is 0 Å². The first kappa shape index (κ1) is 25.3. The Hall–Kier alpha value is -3.75. The number of aromatic nitrogens is 3. The van der Waals surface area contributed by atoms with Gasteiger partial charge in [0.05, 0.1) is 5.39 Å². The van der Waals surface area contributed by atoms with Crippen molar-refractivity contribution >= 4 is 22.8 Å². The minimum atomic E-state index is -0.312. The van der Waals surface area contributed by atoms with E-state index >= 15 is 0 Å². The van der Waals surface area contributed by atoms with Gasteiger partial charge in [-0.05, 0) is 48.6 Å². The van der Waals surface area contributed by atoms with E-state index in [1.54, 1.807) is 11.8 Å². The number of carbonyl (C=O) groups is 1. The van der Waals surface area contributed by atoms with Gasteiger partial charge in [-0.2, -0.15) is 0 Å². The quantitative estimate of drug-likeness (QED) is 0.0991. The summed E-state index contributed by atoms with van der Waals surface area (Å²) in [7, 11) is 0. The van der Waals surface area contributed by atoms with Gasteiger partial charge in [-0.1, -0.05) is 67.4 Å². The molecule has 0 aliphatic carbocycles. The van der Waals surface area contributed by atoms with Crippen molar-refractivity contribution in [3.63, 3.8) is 0 Å². The summed E-state index contributed by atoms with van der Waals surface area (Å²) in [5.74, 6) is 0.531. The summed E-state index contributed by atoms with van der Waals surface area (Å²) in [6.07, 6.45) is 6.83. The van der Waals surface area contributed by atoms with Gasteiger partial charge in [0.15, 0.2) is 0 Å². The number of fused-ring (bicyclic) bond motifs is 1. The summed E-state index contributed by atoms with van der Waals surface area (Å²) in [5.41, 5.74) is 7.15. The van der Waals surface area contributed by atoms with Crippen molar-refractivity contribution in [3.8, 4) is 11.3 Å². The predicted octanol–water partition coefficient (Wildman–Crippen LogP) is 4.83. The molecule has 0 radical (unpaired) electrons. The molecule has 0 saturated carbocycles. The van der Waals surface area contributed by atoms with Crippen LogP contribution in [0.3, 0.4) is 0 Å². The second-order valence-electron chi connectivity index (χ2n) is 8.90. The number of hydrogen-bond acceptors (Lipinski definition) is 6. The third-order valence-electron chi connectivity index (χ3n) is 6.20. The van der Waals surface area contributed by atoms with Crippen LogP contribution in [0, 0.1) is 0 Å². The van der Waals surface area contributed by atoms with Gasteiger partial charge in [-0.15, -0.1) is 0 Å². The normalized spacial score (nSPS) is 11.0. The summed E-state index contributed by atoms with van der Waals surface area (Å²) in [6, 6.07) is 21.1. The van der Waals surface area contributed by atoms with Gasteiger partial charge in [0.1, 0.15) is 17.8 Å². The van der Waals surface area contributed by atoms with E-state index in [0.29, 0.717) is 6.42 Å². The standard InChI is InChI=1S/C28H34N6O2/c35-26(34-36)10-6-1-2-7-16-29-19-22-11-13-23(14-12-22)25-18-24-27(31-20-32-28(24)33-25)30-17-15-21-8-4-3-5-9-21/h3-5,8-9,11-14,18,20,29,36H,1-2,6-7,10,15-17,19H2,(H,34,35)(H2,30,31,32,33). The van der Waals surface area contributed by atoms with Crippen LogP contribution in [0.15, 0.2) is 67.0 Å². The molecule has 0 bridgehead atoms. The highest BCUT2D eigenvalue weighted by Gasteiger charge is 2.09. The first-order valence-electron chi connectivity index (χ1n) is 12.6. The maximum atomic E-state index is 11.0. The van der Waals surface area contributed by atoms with Crippen LogP contribution in [0.1, 0.15) is 43.2 Å². The van der Waals surface area contributed by atoms with Crippen molar-refractivity contribution in [2.24, 2.45) is 0 Å². The van der Waals surface area contributed by atoms with Crippen LogP contribution in [0.4, 0.5) is 5.82 Å². The number of unbranched alkanes of at least 4 members (excludes halogenated alkanes) is 3. The lowest BCUT2D eigenvalue weighted by molar-refractivity contribution is -0.129. The lowest BCUT2D eigenvalue weighted by atomic mass is 10.1. The molecular formula is C28H34N6O2. The van der Waals surface area contributed by atoms with Gasteiger partial charge < -0.3 is 15.6 Å². The Morgan fingerprint density at radius 2 is 1.69 bits per heavy atom. The van der Waals surface area contributed by atoms with Crippen LogP contribution in [0.2, 0.25) is 0 Å². The van der Waals surface area contributed by atoms with Crippen molar-refractivity contribution < 1.29 is 10.0 Å². The molecule has 0 aliphatic rings. The Balaban J connectivity index is 1.25. The van der Waals surface area contributed by atoms with Gasteiger partial charge in [0.25, 0.3) is 0 Å². The highest BCUT2D eigenvalue weighted by atomic mass is 16.5. The Morgan fingerprint density at radius 3 is 2.50 bits per heavy atom. The molecule has 4 rings (SSSR count). The largest absolute Gasteiger partial charge is 0.369 e. The number of hydrogen-bond donors (Lipinski definition) is 5.